The van der Waals surface area contributed by atoms with Gasteiger partial charge >= 0.3 is 0 Å². The Kier molecular flexibility index (Phi) is 7.28. The zero-order chi connectivity index (χ0) is 14.3. The van der Waals surface area contributed by atoms with Gasteiger partial charge in [0.05, 0.1) is 18.5 Å². The number of rotatable bonds is 7. The van der Waals surface area contributed by atoms with E-state index >= 15 is 0 Å². The standard InChI is InChI=1S/C13H28N2O3S/c1-4-6-14-7-5-8-15(10-9-14)19(16,17)12-11-18-13(2)3/h13H,4-12H2,1-3H3. The first-order chi connectivity index (χ1) is 8.95. The molecular formula is C13H28N2O3S. The fraction of sp³-hybridized carbons (Fsp3) is 1.00. The average molecular weight is 292 g/mol. The van der Waals surface area contributed by atoms with Crippen LogP contribution in [-0.2, 0) is 14.8 Å². The zero-order valence-corrected chi connectivity index (χ0v) is 13.3. The molecule has 0 unspecified atom stereocenters. The summed E-state index contributed by atoms with van der Waals surface area (Å²) >= 11 is 0. The first-order valence-corrected chi connectivity index (χ1v) is 8.88. The molecule has 1 rings (SSSR count). The molecule has 1 fully saturated rings. The lowest BCUT2D eigenvalue weighted by Gasteiger charge is -2.21. The van der Waals surface area contributed by atoms with Crippen molar-refractivity contribution in [3.8, 4) is 0 Å². The molecule has 19 heavy (non-hydrogen) atoms. The van der Waals surface area contributed by atoms with Crippen LogP contribution in [0.2, 0.25) is 0 Å². The van der Waals surface area contributed by atoms with Crippen LogP contribution in [0.1, 0.15) is 33.6 Å². The molecule has 1 aliphatic rings. The van der Waals surface area contributed by atoms with Gasteiger partial charge < -0.3 is 9.64 Å². The highest BCUT2D eigenvalue weighted by Gasteiger charge is 2.24. The summed E-state index contributed by atoms with van der Waals surface area (Å²) in [5, 5.41) is 0. The van der Waals surface area contributed by atoms with Crippen molar-refractivity contribution in [2.24, 2.45) is 0 Å². The Labute approximate surface area is 118 Å². The molecule has 1 heterocycles. The zero-order valence-electron chi connectivity index (χ0n) is 12.5. The number of nitrogens with zero attached hydrogens (tertiary/aromatic N) is 2. The predicted molar refractivity (Wildman–Crippen MR) is 77.8 cm³/mol. The average Bonchev–Trinajstić information content (AvgIpc) is 2.55. The van der Waals surface area contributed by atoms with Crippen molar-refractivity contribution in [1.82, 2.24) is 9.21 Å². The molecule has 0 radical (unpaired) electrons. The molecule has 0 aliphatic carbocycles. The fourth-order valence-electron chi connectivity index (χ4n) is 2.28. The lowest BCUT2D eigenvalue weighted by Crippen LogP contribution is -2.37. The molecule has 0 amide bonds. The van der Waals surface area contributed by atoms with Gasteiger partial charge in [0.15, 0.2) is 0 Å². The molecule has 114 valence electrons. The van der Waals surface area contributed by atoms with E-state index in [0.29, 0.717) is 13.1 Å². The number of sulfonamides is 1. The molecule has 0 aromatic carbocycles. The molecule has 0 bridgehead atoms. The minimum absolute atomic E-state index is 0.0828. The van der Waals surface area contributed by atoms with Crippen molar-refractivity contribution in [2.75, 3.05) is 45.1 Å². The third kappa shape index (κ3) is 6.21. The largest absolute Gasteiger partial charge is 0.378 e. The van der Waals surface area contributed by atoms with E-state index < -0.39 is 10.0 Å². The summed E-state index contributed by atoms with van der Waals surface area (Å²) in [5.74, 6) is 0.0962. The molecular weight excluding hydrogens is 264 g/mol. The molecule has 0 atom stereocenters. The van der Waals surface area contributed by atoms with Gasteiger partial charge in [0, 0.05) is 19.6 Å². The lowest BCUT2D eigenvalue weighted by atomic mass is 10.3. The van der Waals surface area contributed by atoms with Crippen LogP contribution >= 0.6 is 0 Å². The van der Waals surface area contributed by atoms with Crippen molar-refractivity contribution < 1.29 is 13.2 Å². The highest BCUT2D eigenvalue weighted by Crippen LogP contribution is 2.09. The van der Waals surface area contributed by atoms with Crippen molar-refractivity contribution in [3.63, 3.8) is 0 Å². The van der Waals surface area contributed by atoms with Gasteiger partial charge in [0.1, 0.15) is 0 Å². The summed E-state index contributed by atoms with van der Waals surface area (Å²) in [5.41, 5.74) is 0. The topological polar surface area (TPSA) is 49.9 Å². The summed E-state index contributed by atoms with van der Waals surface area (Å²) in [6.45, 7) is 10.4. The molecule has 6 heteroatoms. The van der Waals surface area contributed by atoms with Crippen LogP contribution in [0.3, 0.4) is 0 Å². The van der Waals surface area contributed by atoms with Crippen LogP contribution in [0.15, 0.2) is 0 Å². The minimum Gasteiger partial charge on any atom is -0.378 e. The first kappa shape index (κ1) is 16.9. The van der Waals surface area contributed by atoms with Gasteiger partial charge in [-0.1, -0.05) is 6.92 Å². The lowest BCUT2D eigenvalue weighted by molar-refractivity contribution is 0.0907. The van der Waals surface area contributed by atoms with E-state index in [1.54, 1.807) is 4.31 Å². The van der Waals surface area contributed by atoms with Gasteiger partial charge in [0.2, 0.25) is 10.0 Å². The van der Waals surface area contributed by atoms with Crippen LogP contribution < -0.4 is 0 Å². The Morgan fingerprint density at radius 2 is 1.89 bits per heavy atom. The van der Waals surface area contributed by atoms with E-state index in [-0.39, 0.29) is 18.5 Å². The highest BCUT2D eigenvalue weighted by atomic mass is 32.2. The molecule has 0 aromatic rings. The van der Waals surface area contributed by atoms with Crippen molar-refractivity contribution in [1.29, 1.82) is 0 Å². The Balaban J connectivity index is 2.45. The Hall–Kier alpha value is -0.170. The Bertz CT molecular complexity index is 344. The summed E-state index contributed by atoms with van der Waals surface area (Å²) in [6.07, 6.45) is 2.12. The van der Waals surface area contributed by atoms with Crippen LogP contribution in [-0.4, -0.2) is 68.8 Å². The van der Waals surface area contributed by atoms with E-state index in [1.807, 2.05) is 13.8 Å². The van der Waals surface area contributed by atoms with E-state index in [9.17, 15) is 8.42 Å². The summed E-state index contributed by atoms with van der Waals surface area (Å²) in [6, 6.07) is 0. The maximum absolute atomic E-state index is 12.2. The number of hydrogen-bond acceptors (Lipinski definition) is 4. The van der Waals surface area contributed by atoms with Gasteiger partial charge in [-0.05, 0) is 39.8 Å². The Morgan fingerprint density at radius 1 is 1.16 bits per heavy atom. The molecule has 1 aliphatic heterocycles. The molecule has 5 nitrogen and oxygen atoms in total. The van der Waals surface area contributed by atoms with E-state index in [2.05, 4.69) is 11.8 Å². The van der Waals surface area contributed by atoms with Crippen LogP contribution in [0.5, 0.6) is 0 Å². The van der Waals surface area contributed by atoms with E-state index in [0.717, 1.165) is 32.5 Å². The Morgan fingerprint density at radius 3 is 2.53 bits per heavy atom. The first-order valence-electron chi connectivity index (χ1n) is 7.27. The van der Waals surface area contributed by atoms with Crippen LogP contribution in [0.25, 0.3) is 0 Å². The van der Waals surface area contributed by atoms with Crippen LogP contribution in [0, 0.1) is 0 Å². The van der Waals surface area contributed by atoms with Crippen molar-refractivity contribution >= 4 is 10.0 Å². The highest BCUT2D eigenvalue weighted by molar-refractivity contribution is 7.89. The van der Waals surface area contributed by atoms with Gasteiger partial charge in [-0.25, -0.2) is 12.7 Å². The van der Waals surface area contributed by atoms with E-state index in [4.69, 9.17) is 4.74 Å². The smallest absolute Gasteiger partial charge is 0.216 e. The SMILES string of the molecule is CCCN1CCCN(S(=O)(=O)CCOC(C)C)CC1. The summed E-state index contributed by atoms with van der Waals surface area (Å²) in [4.78, 5) is 2.35. The minimum atomic E-state index is -3.16. The second-order valence-electron chi connectivity index (χ2n) is 5.33. The third-order valence-corrected chi connectivity index (χ3v) is 5.11. The normalized spacial score (nSPS) is 19.8. The second-order valence-corrected chi connectivity index (χ2v) is 7.42. The molecule has 0 N–H and O–H groups in total. The maximum atomic E-state index is 12.2. The molecule has 0 saturated carbocycles. The van der Waals surface area contributed by atoms with Crippen LogP contribution in [0.4, 0.5) is 0 Å². The molecule has 0 aromatic heterocycles. The van der Waals surface area contributed by atoms with Gasteiger partial charge in [-0.2, -0.15) is 0 Å². The van der Waals surface area contributed by atoms with Crippen molar-refractivity contribution in [3.05, 3.63) is 0 Å². The van der Waals surface area contributed by atoms with Gasteiger partial charge in [-0.3, -0.25) is 0 Å². The van der Waals surface area contributed by atoms with Gasteiger partial charge in [-0.15, -0.1) is 0 Å². The summed E-state index contributed by atoms with van der Waals surface area (Å²) in [7, 11) is -3.16. The second kappa shape index (κ2) is 8.19. The fourth-order valence-corrected chi connectivity index (χ4v) is 3.62. The predicted octanol–water partition coefficient (Wildman–Crippen LogP) is 1.16. The number of hydrogen-bond donors (Lipinski definition) is 0. The molecule has 1 saturated heterocycles. The third-order valence-electron chi connectivity index (χ3n) is 3.27. The number of ether oxygens (including phenoxy) is 1. The van der Waals surface area contributed by atoms with E-state index in [1.165, 1.54) is 0 Å². The maximum Gasteiger partial charge on any atom is 0.216 e. The van der Waals surface area contributed by atoms with Crippen molar-refractivity contribution in [2.45, 2.75) is 39.7 Å². The summed E-state index contributed by atoms with van der Waals surface area (Å²) < 4.78 is 31.4. The quantitative estimate of drug-likeness (QED) is 0.706. The van der Waals surface area contributed by atoms with Gasteiger partial charge in [0.25, 0.3) is 0 Å². The monoisotopic (exact) mass is 292 g/mol. The molecule has 0 spiro atoms.